The minimum Gasteiger partial charge on any atom is -0.495 e. The van der Waals surface area contributed by atoms with E-state index in [0.29, 0.717) is 12.3 Å². The lowest BCUT2D eigenvalue weighted by molar-refractivity contribution is -0.116. The number of nitrogens with zero attached hydrogens (tertiary/aromatic N) is 3. The highest BCUT2D eigenvalue weighted by molar-refractivity contribution is 8.00. The molecule has 3 rings (SSSR count). The molecule has 0 spiro atoms. The zero-order valence-electron chi connectivity index (χ0n) is 10.9. The molecule has 1 N–H and O–H groups in total. The summed E-state index contributed by atoms with van der Waals surface area (Å²) >= 11 is 1.44. The second-order valence-corrected chi connectivity index (χ2v) is 5.59. The van der Waals surface area contributed by atoms with Gasteiger partial charge in [0.25, 0.3) is 0 Å². The molecule has 1 aromatic carbocycles. The molecule has 20 heavy (non-hydrogen) atoms. The van der Waals surface area contributed by atoms with Crippen LogP contribution in [0.25, 0.3) is 0 Å². The number of amides is 1. The minimum absolute atomic E-state index is 0.0856. The summed E-state index contributed by atoms with van der Waals surface area (Å²) in [4.78, 5) is 14.3. The van der Waals surface area contributed by atoms with Crippen molar-refractivity contribution >= 4 is 23.4 Å². The van der Waals surface area contributed by atoms with Crippen LogP contribution in [-0.4, -0.2) is 40.2 Å². The van der Waals surface area contributed by atoms with E-state index in [-0.39, 0.29) is 11.2 Å². The molecule has 2 heterocycles. The topological polar surface area (TPSA) is 71.1 Å². The number of thioether (sulfide) groups is 1. The Morgan fingerprint density at radius 1 is 1.45 bits per heavy atom. The fourth-order valence-corrected chi connectivity index (χ4v) is 3.20. The van der Waals surface area contributed by atoms with Gasteiger partial charge in [-0.3, -0.25) is 4.79 Å². The first-order valence-corrected chi connectivity index (χ1v) is 7.14. The maximum Gasteiger partial charge on any atom is 0.240 e. The fourth-order valence-electron chi connectivity index (χ4n) is 2.25. The average Bonchev–Trinajstić information content (AvgIpc) is 3.11. The lowest BCUT2D eigenvalue weighted by Gasteiger charge is -2.19. The van der Waals surface area contributed by atoms with Gasteiger partial charge in [-0.1, -0.05) is 23.9 Å². The molecule has 0 bridgehead atoms. The largest absolute Gasteiger partial charge is 0.495 e. The van der Waals surface area contributed by atoms with Crippen molar-refractivity contribution in [3.63, 3.8) is 0 Å². The van der Waals surface area contributed by atoms with Crippen molar-refractivity contribution in [1.29, 1.82) is 0 Å². The number of rotatable bonds is 4. The predicted octanol–water partition coefficient (Wildman–Crippen LogP) is 1.71. The van der Waals surface area contributed by atoms with Gasteiger partial charge in [0, 0.05) is 6.54 Å². The summed E-state index contributed by atoms with van der Waals surface area (Å²) in [7, 11) is 1.61. The van der Waals surface area contributed by atoms with E-state index in [4.69, 9.17) is 4.74 Å². The van der Waals surface area contributed by atoms with Gasteiger partial charge in [0.2, 0.25) is 5.91 Å². The molecule has 1 amide bonds. The van der Waals surface area contributed by atoms with Gasteiger partial charge in [-0.2, -0.15) is 10.3 Å². The number of benzene rings is 1. The molecule has 0 radical (unpaired) electrons. The third-order valence-electron chi connectivity index (χ3n) is 3.19. The van der Waals surface area contributed by atoms with Crippen molar-refractivity contribution in [1.82, 2.24) is 15.4 Å². The van der Waals surface area contributed by atoms with Crippen LogP contribution in [0, 0.1) is 0 Å². The SMILES string of the molecule is COc1ccccc1N1CC[C@@H](Sc2cn[nH]n2)C1=O. The van der Waals surface area contributed by atoms with Crippen molar-refractivity contribution in [2.75, 3.05) is 18.6 Å². The van der Waals surface area contributed by atoms with Crippen molar-refractivity contribution < 1.29 is 9.53 Å². The van der Waals surface area contributed by atoms with Crippen LogP contribution in [0.2, 0.25) is 0 Å². The quantitative estimate of drug-likeness (QED) is 0.928. The lowest BCUT2D eigenvalue weighted by Crippen LogP contribution is -2.28. The smallest absolute Gasteiger partial charge is 0.240 e. The number of hydrogen-bond acceptors (Lipinski definition) is 5. The molecule has 1 fully saturated rings. The van der Waals surface area contributed by atoms with Crippen LogP contribution >= 0.6 is 11.8 Å². The monoisotopic (exact) mass is 290 g/mol. The standard InChI is InChI=1S/C13H14N4O2S/c1-19-10-5-3-2-4-9(10)17-7-6-11(13(17)18)20-12-8-14-16-15-12/h2-5,8,11H,6-7H2,1H3,(H,14,15,16)/t11-/m1/s1. The van der Waals surface area contributed by atoms with Crippen molar-refractivity contribution in [2.45, 2.75) is 16.7 Å². The number of para-hydroxylation sites is 2. The van der Waals surface area contributed by atoms with Crippen molar-refractivity contribution in [2.24, 2.45) is 0 Å². The molecule has 1 saturated heterocycles. The van der Waals surface area contributed by atoms with Crippen molar-refractivity contribution in [3.05, 3.63) is 30.5 Å². The summed E-state index contributed by atoms with van der Waals surface area (Å²) in [5, 5.41) is 10.9. The van der Waals surface area contributed by atoms with Crippen LogP contribution in [0.1, 0.15) is 6.42 Å². The lowest BCUT2D eigenvalue weighted by atomic mass is 10.2. The van der Waals surface area contributed by atoms with E-state index in [1.165, 1.54) is 11.8 Å². The number of carbonyl (C=O) groups excluding carboxylic acids is 1. The third kappa shape index (κ3) is 2.36. The molecule has 1 aliphatic rings. The van der Waals surface area contributed by atoms with Crippen molar-refractivity contribution in [3.8, 4) is 5.75 Å². The van der Waals surface area contributed by atoms with Crippen LogP contribution in [0.5, 0.6) is 5.75 Å². The Morgan fingerprint density at radius 2 is 2.30 bits per heavy atom. The highest BCUT2D eigenvalue weighted by atomic mass is 32.2. The first kappa shape index (κ1) is 13.0. The van der Waals surface area contributed by atoms with Crippen LogP contribution in [0.4, 0.5) is 5.69 Å². The van der Waals surface area contributed by atoms with Crippen LogP contribution in [0.3, 0.4) is 0 Å². The highest BCUT2D eigenvalue weighted by Crippen LogP contribution is 2.35. The molecule has 0 unspecified atom stereocenters. The third-order valence-corrected chi connectivity index (χ3v) is 4.35. The van der Waals surface area contributed by atoms with E-state index in [1.54, 1.807) is 18.2 Å². The maximum absolute atomic E-state index is 12.5. The number of hydrogen-bond donors (Lipinski definition) is 1. The normalized spacial score (nSPS) is 18.6. The Morgan fingerprint density at radius 3 is 3.05 bits per heavy atom. The predicted molar refractivity (Wildman–Crippen MR) is 76.0 cm³/mol. The van der Waals surface area contributed by atoms with E-state index < -0.39 is 0 Å². The molecular formula is C13H14N4O2S. The second-order valence-electron chi connectivity index (χ2n) is 4.37. The van der Waals surface area contributed by atoms with Gasteiger partial charge in [0.05, 0.1) is 24.2 Å². The average molecular weight is 290 g/mol. The van der Waals surface area contributed by atoms with E-state index >= 15 is 0 Å². The summed E-state index contributed by atoms with van der Waals surface area (Å²) in [5.74, 6) is 0.801. The Hall–Kier alpha value is -2.02. The molecule has 1 aliphatic heterocycles. The number of aromatic amines is 1. The van der Waals surface area contributed by atoms with Gasteiger partial charge < -0.3 is 9.64 Å². The zero-order valence-corrected chi connectivity index (χ0v) is 11.8. The Bertz CT molecular complexity index is 602. The Labute approximate surface area is 120 Å². The van der Waals surface area contributed by atoms with E-state index in [9.17, 15) is 4.79 Å². The maximum atomic E-state index is 12.5. The van der Waals surface area contributed by atoms with Gasteiger partial charge in [0.1, 0.15) is 10.8 Å². The van der Waals surface area contributed by atoms with E-state index in [0.717, 1.165) is 17.1 Å². The number of H-pyrrole nitrogens is 1. The molecule has 2 aromatic rings. The molecule has 1 atom stereocenters. The van der Waals surface area contributed by atoms with Crippen LogP contribution in [-0.2, 0) is 4.79 Å². The molecule has 104 valence electrons. The number of methoxy groups -OCH3 is 1. The molecule has 7 heteroatoms. The number of carbonyl (C=O) groups is 1. The fraction of sp³-hybridized carbons (Fsp3) is 0.308. The van der Waals surface area contributed by atoms with Crippen LogP contribution < -0.4 is 9.64 Å². The molecule has 0 saturated carbocycles. The zero-order chi connectivity index (χ0) is 13.9. The minimum atomic E-state index is -0.120. The second kappa shape index (κ2) is 5.54. The van der Waals surface area contributed by atoms with E-state index in [1.807, 2.05) is 24.3 Å². The summed E-state index contributed by atoms with van der Waals surface area (Å²) in [6.45, 7) is 0.689. The van der Waals surface area contributed by atoms with Gasteiger partial charge in [0.15, 0.2) is 0 Å². The molecular weight excluding hydrogens is 276 g/mol. The number of aromatic nitrogens is 3. The molecule has 6 nitrogen and oxygen atoms in total. The molecule has 1 aromatic heterocycles. The van der Waals surface area contributed by atoms with Gasteiger partial charge in [-0.05, 0) is 18.6 Å². The van der Waals surface area contributed by atoms with Crippen LogP contribution in [0.15, 0.2) is 35.5 Å². The number of ether oxygens (including phenoxy) is 1. The summed E-state index contributed by atoms with van der Waals surface area (Å²) in [6, 6.07) is 7.56. The van der Waals surface area contributed by atoms with Gasteiger partial charge in [-0.25, -0.2) is 0 Å². The molecule has 0 aliphatic carbocycles. The Kier molecular flexibility index (Phi) is 3.60. The summed E-state index contributed by atoms with van der Waals surface area (Å²) < 4.78 is 5.32. The first-order valence-electron chi connectivity index (χ1n) is 6.26. The summed E-state index contributed by atoms with van der Waals surface area (Å²) in [5.41, 5.74) is 0.822. The highest BCUT2D eigenvalue weighted by Gasteiger charge is 2.34. The Balaban J connectivity index is 1.78. The van der Waals surface area contributed by atoms with E-state index in [2.05, 4.69) is 15.4 Å². The number of nitrogens with one attached hydrogen (secondary N) is 1. The van der Waals surface area contributed by atoms with Gasteiger partial charge >= 0.3 is 0 Å². The number of anilines is 1. The van der Waals surface area contributed by atoms with Gasteiger partial charge in [-0.15, -0.1) is 5.10 Å². The summed E-state index contributed by atoms with van der Waals surface area (Å²) in [6.07, 6.45) is 2.41. The first-order chi connectivity index (χ1) is 9.79.